The smallest absolute Gasteiger partial charge is 0.134 e. The minimum absolute atomic E-state index is 0.107. The normalized spacial score (nSPS) is 11.8. The van der Waals surface area contributed by atoms with Crippen molar-refractivity contribution in [2.45, 2.75) is 18.9 Å². The molecule has 0 aliphatic rings. The van der Waals surface area contributed by atoms with Gasteiger partial charge in [0.2, 0.25) is 0 Å². The van der Waals surface area contributed by atoms with Crippen molar-refractivity contribution in [3.63, 3.8) is 0 Å². The number of nitriles is 1. The molecule has 0 saturated heterocycles. The largest absolute Gasteiger partial charge is 0.506 e. The Morgan fingerprint density at radius 2 is 2.31 bits per heavy atom. The van der Waals surface area contributed by atoms with E-state index in [-0.39, 0.29) is 11.8 Å². The Bertz CT molecular complexity index is 437. The van der Waals surface area contributed by atoms with Crippen molar-refractivity contribution in [3.8, 4) is 11.8 Å². The van der Waals surface area contributed by atoms with Gasteiger partial charge in [0.15, 0.2) is 0 Å². The van der Waals surface area contributed by atoms with Crippen molar-refractivity contribution in [3.05, 3.63) is 40.4 Å². The van der Waals surface area contributed by atoms with E-state index in [4.69, 9.17) is 11.0 Å². The lowest BCUT2D eigenvalue weighted by Gasteiger charge is -2.14. The summed E-state index contributed by atoms with van der Waals surface area (Å²) >= 11 is 3.20. The van der Waals surface area contributed by atoms with Gasteiger partial charge in [0.05, 0.1) is 16.1 Å². The summed E-state index contributed by atoms with van der Waals surface area (Å²) in [6.07, 6.45) is 3.24. The fourth-order valence-corrected chi connectivity index (χ4v) is 1.90. The van der Waals surface area contributed by atoms with E-state index in [1.165, 1.54) is 0 Å². The van der Waals surface area contributed by atoms with Gasteiger partial charge in [0.25, 0.3) is 0 Å². The summed E-state index contributed by atoms with van der Waals surface area (Å²) in [5.41, 5.74) is 7.01. The molecule has 84 valence electrons. The average molecular weight is 281 g/mol. The highest BCUT2D eigenvalue weighted by Gasteiger charge is 2.14. The second-order valence-corrected chi connectivity index (χ2v) is 4.33. The van der Waals surface area contributed by atoms with E-state index >= 15 is 0 Å². The zero-order chi connectivity index (χ0) is 12.1. The summed E-state index contributed by atoms with van der Waals surface area (Å²) in [5.74, 6) is 0.107. The van der Waals surface area contributed by atoms with Crippen LogP contribution in [0.1, 0.15) is 30.0 Å². The van der Waals surface area contributed by atoms with Gasteiger partial charge < -0.3 is 10.8 Å². The van der Waals surface area contributed by atoms with Crippen LogP contribution in [0.3, 0.4) is 0 Å². The second kappa shape index (κ2) is 5.69. The number of benzene rings is 1. The van der Waals surface area contributed by atoms with Crippen molar-refractivity contribution < 1.29 is 5.11 Å². The minimum atomic E-state index is -0.289. The van der Waals surface area contributed by atoms with Gasteiger partial charge in [-0.1, -0.05) is 6.08 Å². The summed E-state index contributed by atoms with van der Waals surface area (Å²) in [6.45, 7) is 3.62. The van der Waals surface area contributed by atoms with Crippen LogP contribution in [0.5, 0.6) is 5.75 Å². The quantitative estimate of drug-likeness (QED) is 0.833. The van der Waals surface area contributed by atoms with E-state index in [2.05, 4.69) is 22.5 Å². The van der Waals surface area contributed by atoms with Crippen LogP contribution in [-0.4, -0.2) is 5.11 Å². The molecular weight excluding hydrogens is 268 g/mol. The molecule has 0 radical (unpaired) electrons. The first-order valence-electron chi connectivity index (χ1n) is 4.89. The summed E-state index contributed by atoms with van der Waals surface area (Å²) < 4.78 is 0.496. The van der Waals surface area contributed by atoms with Crippen molar-refractivity contribution >= 4 is 15.9 Å². The number of hydrogen-bond acceptors (Lipinski definition) is 3. The molecule has 1 aromatic rings. The molecular formula is C12H13BrN2O. The second-order valence-electron chi connectivity index (χ2n) is 3.48. The predicted molar refractivity (Wildman–Crippen MR) is 66.9 cm³/mol. The van der Waals surface area contributed by atoms with Crippen LogP contribution in [0.2, 0.25) is 0 Å². The fraction of sp³-hybridized carbons (Fsp3) is 0.250. The molecule has 1 atom stereocenters. The molecule has 0 aromatic heterocycles. The molecule has 0 spiro atoms. The highest BCUT2D eigenvalue weighted by molar-refractivity contribution is 9.10. The van der Waals surface area contributed by atoms with Crippen molar-refractivity contribution in [1.29, 1.82) is 5.26 Å². The van der Waals surface area contributed by atoms with Gasteiger partial charge in [-0.25, -0.2) is 0 Å². The molecule has 3 nitrogen and oxygen atoms in total. The number of aromatic hydroxyl groups is 1. The van der Waals surface area contributed by atoms with E-state index in [9.17, 15) is 5.11 Å². The monoisotopic (exact) mass is 280 g/mol. The van der Waals surface area contributed by atoms with Crippen LogP contribution in [0.4, 0.5) is 0 Å². The summed E-state index contributed by atoms with van der Waals surface area (Å²) in [4.78, 5) is 0. The van der Waals surface area contributed by atoms with Gasteiger partial charge >= 0.3 is 0 Å². The Kier molecular flexibility index (Phi) is 4.53. The Labute approximate surface area is 103 Å². The molecule has 0 aliphatic carbocycles. The molecule has 0 unspecified atom stereocenters. The lowest BCUT2D eigenvalue weighted by atomic mass is 10.00. The third-order valence-corrected chi connectivity index (χ3v) is 2.91. The van der Waals surface area contributed by atoms with Gasteiger partial charge in [-0.2, -0.15) is 5.26 Å². The van der Waals surface area contributed by atoms with Crippen LogP contribution in [0, 0.1) is 11.3 Å². The van der Waals surface area contributed by atoms with E-state index in [0.717, 1.165) is 6.42 Å². The predicted octanol–water partition coefficient (Wildman–Crippen LogP) is 2.99. The number of nitrogens with two attached hydrogens (primary N) is 1. The Hall–Kier alpha value is -1.31. The van der Waals surface area contributed by atoms with Crippen molar-refractivity contribution in [1.82, 2.24) is 0 Å². The molecule has 0 aliphatic heterocycles. The fourth-order valence-electron chi connectivity index (χ4n) is 1.42. The number of phenols is 1. The maximum absolute atomic E-state index is 9.83. The SMILES string of the molecule is C=CCC[C@@H](N)c1cc(C#N)cc(Br)c1O. The molecule has 0 fully saturated rings. The molecule has 1 aromatic carbocycles. The lowest BCUT2D eigenvalue weighted by molar-refractivity contribution is 0.455. The molecule has 0 amide bonds. The lowest BCUT2D eigenvalue weighted by Crippen LogP contribution is -2.10. The standard InChI is InChI=1S/C12H13BrN2O/c1-2-3-4-11(15)9-5-8(7-14)6-10(13)12(9)16/h2,5-6,11,16H,1,3-4,15H2/t11-/m1/s1. The first-order chi connectivity index (χ1) is 7.60. The van der Waals surface area contributed by atoms with Crippen LogP contribution in [0.25, 0.3) is 0 Å². The van der Waals surface area contributed by atoms with Crippen LogP contribution >= 0.6 is 15.9 Å². The van der Waals surface area contributed by atoms with Crippen LogP contribution < -0.4 is 5.73 Å². The molecule has 16 heavy (non-hydrogen) atoms. The highest BCUT2D eigenvalue weighted by Crippen LogP contribution is 2.33. The zero-order valence-electron chi connectivity index (χ0n) is 8.78. The van der Waals surface area contributed by atoms with Crippen LogP contribution in [-0.2, 0) is 0 Å². The number of allylic oxidation sites excluding steroid dienone is 1. The molecule has 0 saturated carbocycles. The van der Waals surface area contributed by atoms with Crippen molar-refractivity contribution in [2.24, 2.45) is 5.73 Å². The number of phenolic OH excluding ortho intramolecular Hbond substituents is 1. The highest BCUT2D eigenvalue weighted by atomic mass is 79.9. The minimum Gasteiger partial charge on any atom is -0.506 e. The Morgan fingerprint density at radius 3 is 2.88 bits per heavy atom. The van der Waals surface area contributed by atoms with Gasteiger partial charge in [0.1, 0.15) is 5.75 Å². The molecule has 1 rings (SSSR count). The summed E-state index contributed by atoms with van der Waals surface area (Å²) in [5, 5.41) is 18.7. The van der Waals surface area contributed by atoms with E-state index in [0.29, 0.717) is 22.0 Å². The van der Waals surface area contributed by atoms with Gasteiger partial charge in [-0.05, 0) is 40.9 Å². The molecule has 0 bridgehead atoms. The maximum Gasteiger partial charge on any atom is 0.134 e. The number of halogens is 1. The first kappa shape index (κ1) is 12.8. The number of nitrogens with zero attached hydrogens (tertiary/aromatic N) is 1. The zero-order valence-corrected chi connectivity index (χ0v) is 10.4. The number of rotatable bonds is 4. The topological polar surface area (TPSA) is 70.0 Å². The van der Waals surface area contributed by atoms with Gasteiger partial charge in [-0.15, -0.1) is 6.58 Å². The summed E-state index contributed by atoms with van der Waals surface area (Å²) in [6, 6.07) is 4.93. The maximum atomic E-state index is 9.83. The van der Waals surface area contributed by atoms with E-state index < -0.39 is 0 Å². The average Bonchev–Trinajstić information content (AvgIpc) is 2.29. The number of hydrogen-bond donors (Lipinski definition) is 2. The first-order valence-corrected chi connectivity index (χ1v) is 5.68. The Morgan fingerprint density at radius 1 is 1.62 bits per heavy atom. The van der Waals surface area contributed by atoms with Crippen LogP contribution in [0.15, 0.2) is 29.3 Å². The third-order valence-electron chi connectivity index (χ3n) is 2.30. The van der Waals surface area contributed by atoms with Crippen molar-refractivity contribution in [2.75, 3.05) is 0 Å². The van der Waals surface area contributed by atoms with Gasteiger partial charge in [-0.3, -0.25) is 0 Å². The van der Waals surface area contributed by atoms with E-state index in [1.807, 2.05) is 6.07 Å². The molecule has 4 heteroatoms. The van der Waals surface area contributed by atoms with Gasteiger partial charge in [0, 0.05) is 11.6 Å². The molecule has 3 N–H and O–H groups in total. The van der Waals surface area contributed by atoms with E-state index in [1.54, 1.807) is 18.2 Å². The molecule has 0 heterocycles. The summed E-state index contributed by atoms with van der Waals surface area (Å²) in [7, 11) is 0. The Balaban J connectivity index is 3.07. The third kappa shape index (κ3) is 2.84.